The summed E-state index contributed by atoms with van der Waals surface area (Å²) in [5, 5.41) is 7.66. The minimum Gasteiger partial charge on any atom is -0.369 e. The molecule has 3 N–H and O–H groups in total. The number of nitrogens with one attached hydrogen (secondary N) is 1. The Morgan fingerprint density at radius 2 is 2.31 bits per heavy atom. The van der Waals surface area contributed by atoms with Crippen LogP contribution in [0.1, 0.15) is 19.0 Å². The number of nitrogens with zero attached hydrogens (tertiary/aromatic N) is 3. The van der Waals surface area contributed by atoms with Crippen LogP contribution in [0, 0.1) is 0 Å². The molecule has 0 aliphatic rings. The molecule has 5 nitrogen and oxygen atoms in total. The first kappa shape index (κ1) is 10.9. The molecule has 0 unspecified atom stereocenters. The fraction of sp³-hybridized carbons (Fsp3) is 0.455. The molecule has 0 amide bonds. The van der Waals surface area contributed by atoms with Gasteiger partial charge in [0.1, 0.15) is 5.82 Å². The molecular weight excluding hydrogens is 202 g/mol. The normalized spacial score (nSPS) is 10.9. The van der Waals surface area contributed by atoms with E-state index in [-0.39, 0.29) is 0 Å². The lowest BCUT2D eigenvalue weighted by atomic mass is 10.3. The summed E-state index contributed by atoms with van der Waals surface area (Å²) >= 11 is 0. The lowest BCUT2D eigenvalue weighted by molar-refractivity contribution is 0.897. The van der Waals surface area contributed by atoms with Crippen LogP contribution >= 0.6 is 0 Å². The van der Waals surface area contributed by atoms with E-state index in [1.54, 1.807) is 4.52 Å². The van der Waals surface area contributed by atoms with Crippen LogP contribution in [-0.2, 0) is 6.42 Å². The maximum absolute atomic E-state index is 5.50. The molecule has 0 spiro atoms. The molecular formula is C11H17N5. The minimum absolute atomic E-state index is 0.616. The van der Waals surface area contributed by atoms with Gasteiger partial charge in [0.2, 0.25) is 0 Å². The Bertz CT molecular complexity index is 462. The zero-order chi connectivity index (χ0) is 11.4. The third kappa shape index (κ3) is 2.30. The van der Waals surface area contributed by atoms with Gasteiger partial charge in [0.05, 0.1) is 11.9 Å². The first-order valence-electron chi connectivity index (χ1n) is 5.62. The predicted molar refractivity (Wildman–Crippen MR) is 64.5 cm³/mol. The Morgan fingerprint density at radius 3 is 3.06 bits per heavy atom. The molecule has 0 aliphatic carbocycles. The minimum atomic E-state index is 0.616. The van der Waals surface area contributed by atoms with Crippen molar-refractivity contribution in [1.29, 1.82) is 0 Å². The van der Waals surface area contributed by atoms with E-state index in [4.69, 9.17) is 5.73 Å². The van der Waals surface area contributed by atoms with Crippen molar-refractivity contribution in [3.8, 4) is 0 Å². The standard InChI is InChI=1S/C11H17N5/c1-2-7-13-10-3-4-11-14-9(5-6-12)8-16(11)15-10/h3-4,8H,2,5-7,12H2,1H3,(H,13,15). The number of imidazole rings is 1. The maximum Gasteiger partial charge on any atom is 0.153 e. The molecule has 2 aromatic heterocycles. The molecule has 16 heavy (non-hydrogen) atoms. The van der Waals surface area contributed by atoms with Crippen LogP contribution in [0.2, 0.25) is 0 Å². The molecule has 2 aromatic rings. The monoisotopic (exact) mass is 219 g/mol. The molecule has 0 bridgehead atoms. The first-order chi connectivity index (χ1) is 7.83. The van der Waals surface area contributed by atoms with Crippen LogP contribution < -0.4 is 11.1 Å². The number of aromatic nitrogens is 3. The third-order valence-electron chi connectivity index (χ3n) is 2.33. The van der Waals surface area contributed by atoms with Gasteiger partial charge in [0.15, 0.2) is 5.65 Å². The van der Waals surface area contributed by atoms with Crippen LogP contribution in [0.3, 0.4) is 0 Å². The van der Waals surface area contributed by atoms with Crippen molar-refractivity contribution in [3.05, 3.63) is 24.0 Å². The fourth-order valence-electron chi connectivity index (χ4n) is 1.55. The van der Waals surface area contributed by atoms with Crippen molar-refractivity contribution in [2.45, 2.75) is 19.8 Å². The van der Waals surface area contributed by atoms with Gasteiger partial charge in [-0.05, 0) is 25.1 Å². The molecule has 0 radical (unpaired) electrons. The highest BCUT2D eigenvalue weighted by Crippen LogP contribution is 2.08. The van der Waals surface area contributed by atoms with Crippen molar-refractivity contribution in [2.24, 2.45) is 5.73 Å². The smallest absolute Gasteiger partial charge is 0.153 e. The lowest BCUT2D eigenvalue weighted by Crippen LogP contribution is -2.04. The molecule has 2 heterocycles. The Kier molecular flexibility index (Phi) is 3.36. The number of hydrogen-bond donors (Lipinski definition) is 2. The van der Waals surface area contributed by atoms with E-state index < -0.39 is 0 Å². The third-order valence-corrected chi connectivity index (χ3v) is 2.33. The maximum atomic E-state index is 5.50. The highest BCUT2D eigenvalue weighted by atomic mass is 15.3. The summed E-state index contributed by atoms with van der Waals surface area (Å²) in [7, 11) is 0. The zero-order valence-electron chi connectivity index (χ0n) is 9.48. The van der Waals surface area contributed by atoms with Crippen molar-refractivity contribution in [2.75, 3.05) is 18.4 Å². The van der Waals surface area contributed by atoms with E-state index in [0.717, 1.165) is 36.5 Å². The summed E-state index contributed by atoms with van der Waals surface area (Å²) in [6.07, 6.45) is 3.81. The van der Waals surface area contributed by atoms with E-state index in [1.165, 1.54) is 0 Å². The van der Waals surface area contributed by atoms with Gasteiger partial charge in [-0.15, -0.1) is 5.10 Å². The number of rotatable bonds is 5. The summed E-state index contributed by atoms with van der Waals surface area (Å²) in [4.78, 5) is 4.42. The first-order valence-corrected chi connectivity index (χ1v) is 5.62. The van der Waals surface area contributed by atoms with Crippen LogP contribution in [0.5, 0.6) is 0 Å². The number of nitrogens with two attached hydrogens (primary N) is 1. The molecule has 0 fully saturated rings. The molecule has 0 saturated carbocycles. The average molecular weight is 219 g/mol. The number of hydrogen-bond acceptors (Lipinski definition) is 4. The lowest BCUT2D eigenvalue weighted by Gasteiger charge is -2.02. The molecule has 2 rings (SSSR count). The second-order valence-corrected chi connectivity index (χ2v) is 3.72. The molecule has 5 heteroatoms. The molecule has 0 aromatic carbocycles. The van der Waals surface area contributed by atoms with E-state index in [2.05, 4.69) is 22.3 Å². The fourth-order valence-corrected chi connectivity index (χ4v) is 1.55. The summed E-state index contributed by atoms with van der Waals surface area (Å²) in [5.41, 5.74) is 7.35. The largest absolute Gasteiger partial charge is 0.369 e. The highest BCUT2D eigenvalue weighted by Gasteiger charge is 2.02. The van der Waals surface area contributed by atoms with Crippen molar-refractivity contribution in [1.82, 2.24) is 14.6 Å². The van der Waals surface area contributed by atoms with Crippen LogP contribution in [0.15, 0.2) is 18.3 Å². The predicted octanol–water partition coefficient (Wildman–Crippen LogP) is 1.05. The van der Waals surface area contributed by atoms with E-state index in [0.29, 0.717) is 6.54 Å². The van der Waals surface area contributed by atoms with Gasteiger partial charge in [-0.1, -0.05) is 6.92 Å². The van der Waals surface area contributed by atoms with Crippen LogP contribution in [0.25, 0.3) is 5.65 Å². The van der Waals surface area contributed by atoms with Crippen LogP contribution in [0.4, 0.5) is 5.82 Å². The Labute approximate surface area is 94.7 Å². The topological polar surface area (TPSA) is 68.2 Å². The van der Waals surface area contributed by atoms with Gasteiger partial charge in [-0.25, -0.2) is 9.50 Å². The summed E-state index contributed by atoms with van der Waals surface area (Å²) < 4.78 is 1.79. The molecule has 0 atom stereocenters. The molecule has 0 aliphatic heterocycles. The Balaban J connectivity index is 2.23. The average Bonchev–Trinajstić information content (AvgIpc) is 2.68. The second-order valence-electron chi connectivity index (χ2n) is 3.72. The van der Waals surface area contributed by atoms with Gasteiger partial charge in [0.25, 0.3) is 0 Å². The van der Waals surface area contributed by atoms with E-state index in [9.17, 15) is 0 Å². The Hall–Kier alpha value is -1.62. The quantitative estimate of drug-likeness (QED) is 0.788. The van der Waals surface area contributed by atoms with Crippen molar-refractivity contribution in [3.63, 3.8) is 0 Å². The van der Waals surface area contributed by atoms with Gasteiger partial charge >= 0.3 is 0 Å². The number of fused-ring (bicyclic) bond motifs is 1. The highest BCUT2D eigenvalue weighted by molar-refractivity contribution is 5.45. The van der Waals surface area contributed by atoms with Crippen molar-refractivity contribution >= 4 is 11.5 Å². The van der Waals surface area contributed by atoms with Gasteiger partial charge in [-0.3, -0.25) is 0 Å². The Morgan fingerprint density at radius 1 is 1.44 bits per heavy atom. The summed E-state index contributed by atoms with van der Waals surface area (Å²) in [5.74, 6) is 0.881. The molecule has 86 valence electrons. The van der Waals surface area contributed by atoms with Crippen molar-refractivity contribution < 1.29 is 0 Å². The SMILES string of the molecule is CCCNc1ccc2nc(CCN)cn2n1. The molecule has 0 saturated heterocycles. The van der Waals surface area contributed by atoms with Gasteiger partial charge in [-0.2, -0.15) is 0 Å². The van der Waals surface area contributed by atoms with Gasteiger partial charge in [0, 0.05) is 13.0 Å². The van der Waals surface area contributed by atoms with E-state index >= 15 is 0 Å². The summed E-state index contributed by atoms with van der Waals surface area (Å²) in [6.45, 7) is 3.68. The van der Waals surface area contributed by atoms with E-state index in [1.807, 2.05) is 18.3 Å². The summed E-state index contributed by atoms with van der Waals surface area (Å²) in [6, 6.07) is 3.91. The number of anilines is 1. The second kappa shape index (κ2) is 4.94. The van der Waals surface area contributed by atoms with Gasteiger partial charge < -0.3 is 11.1 Å². The zero-order valence-corrected chi connectivity index (χ0v) is 9.48. The van der Waals surface area contributed by atoms with Crippen LogP contribution in [-0.4, -0.2) is 27.7 Å².